The molecule has 0 saturated carbocycles. The van der Waals surface area contributed by atoms with Crippen molar-refractivity contribution in [3.8, 4) is 0 Å². The molecule has 1 aromatic carbocycles. The van der Waals surface area contributed by atoms with Crippen molar-refractivity contribution in [2.24, 2.45) is 0 Å². The molecule has 0 amide bonds. The second-order valence-electron chi connectivity index (χ2n) is 4.34. The third-order valence-electron chi connectivity index (χ3n) is 2.95. The molecule has 1 fully saturated rings. The van der Waals surface area contributed by atoms with Gasteiger partial charge in [0.25, 0.3) is 0 Å². The van der Waals surface area contributed by atoms with E-state index in [2.05, 4.69) is 0 Å². The zero-order chi connectivity index (χ0) is 13.3. The molecule has 0 aliphatic carbocycles. The van der Waals surface area contributed by atoms with E-state index in [1.54, 1.807) is 0 Å². The number of aliphatic hydroxyl groups excluding tert-OH is 1. The molecular formula is C11H15FN2O3S. The van der Waals surface area contributed by atoms with E-state index in [4.69, 9.17) is 5.73 Å². The first-order valence-electron chi connectivity index (χ1n) is 5.64. The van der Waals surface area contributed by atoms with Crippen LogP contribution in [-0.4, -0.2) is 37.0 Å². The van der Waals surface area contributed by atoms with Gasteiger partial charge in [-0.15, -0.1) is 0 Å². The van der Waals surface area contributed by atoms with Crippen molar-refractivity contribution >= 4 is 15.7 Å². The third kappa shape index (κ3) is 2.47. The summed E-state index contributed by atoms with van der Waals surface area (Å²) in [7, 11) is -3.76. The lowest BCUT2D eigenvalue weighted by Gasteiger charge is -2.29. The van der Waals surface area contributed by atoms with Crippen LogP contribution in [0.25, 0.3) is 0 Å². The van der Waals surface area contributed by atoms with E-state index in [0.717, 1.165) is 18.2 Å². The molecule has 0 aromatic heterocycles. The second-order valence-corrected chi connectivity index (χ2v) is 6.25. The Morgan fingerprint density at radius 2 is 2.17 bits per heavy atom. The highest BCUT2D eigenvalue weighted by Crippen LogP contribution is 2.25. The van der Waals surface area contributed by atoms with Crippen molar-refractivity contribution < 1.29 is 17.9 Å². The fraction of sp³-hybridized carbons (Fsp3) is 0.455. The molecule has 7 heteroatoms. The van der Waals surface area contributed by atoms with E-state index >= 15 is 0 Å². The third-order valence-corrected chi connectivity index (χ3v) is 4.89. The summed E-state index contributed by atoms with van der Waals surface area (Å²) in [4.78, 5) is -0.113. The number of piperidine rings is 1. The minimum absolute atomic E-state index is 0.0547. The van der Waals surface area contributed by atoms with Gasteiger partial charge in [-0.3, -0.25) is 0 Å². The number of rotatable bonds is 2. The molecule has 0 radical (unpaired) electrons. The number of nitrogens with zero attached hydrogens (tertiary/aromatic N) is 1. The lowest BCUT2D eigenvalue weighted by Crippen LogP contribution is -2.42. The minimum Gasteiger partial charge on any atom is -0.398 e. The minimum atomic E-state index is -3.76. The van der Waals surface area contributed by atoms with Gasteiger partial charge in [0.05, 0.1) is 11.8 Å². The van der Waals surface area contributed by atoms with Crippen LogP contribution >= 0.6 is 0 Å². The summed E-state index contributed by atoms with van der Waals surface area (Å²) in [6.45, 7) is 0.398. The summed E-state index contributed by atoms with van der Waals surface area (Å²) in [5, 5.41) is 9.51. The quantitative estimate of drug-likeness (QED) is 0.772. The van der Waals surface area contributed by atoms with Crippen molar-refractivity contribution in [2.45, 2.75) is 23.8 Å². The van der Waals surface area contributed by atoms with Gasteiger partial charge in [-0.1, -0.05) is 0 Å². The highest BCUT2D eigenvalue weighted by molar-refractivity contribution is 7.89. The zero-order valence-corrected chi connectivity index (χ0v) is 10.5. The largest absolute Gasteiger partial charge is 0.398 e. The van der Waals surface area contributed by atoms with Crippen molar-refractivity contribution in [3.63, 3.8) is 0 Å². The Hall–Kier alpha value is -1.18. The maximum Gasteiger partial charge on any atom is 0.245 e. The number of β-amino-alcohol motifs (C(OH)–C–C–N with tert-alkyl or cyclic N) is 1. The lowest BCUT2D eigenvalue weighted by molar-refractivity contribution is 0.108. The molecule has 1 aliphatic heterocycles. The summed E-state index contributed by atoms with van der Waals surface area (Å²) >= 11 is 0. The van der Waals surface area contributed by atoms with Crippen LogP contribution < -0.4 is 5.73 Å². The van der Waals surface area contributed by atoms with Crippen LogP contribution in [0.15, 0.2) is 23.1 Å². The normalized spacial score (nSPS) is 22.0. The number of hydrogen-bond donors (Lipinski definition) is 2. The Morgan fingerprint density at radius 1 is 1.44 bits per heavy atom. The van der Waals surface area contributed by atoms with Crippen LogP contribution in [0, 0.1) is 5.82 Å². The van der Waals surface area contributed by atoms with Crippen LogP contribution in [0.1, 0.15) is 12.8 Å². The number of nitrogens with two attached hydrogens (primary N) is 1. The SMILES string of the molecule is Nc1cc(F)ccc1S(=O)(=O)N1CCC[C@H](O)C1. The zero-order valence-electron chi connectivity index (χ0n) is 9.71. The van der Waals surface area contributed by atoms with E-state index in [0.29, 0.717) is 19.4 Å². The van der Waals surface area contributed by atoms with Gasteiger partial charge in [0.15, 0.2) is 0 Å². The molecule has 1 heterocycles. The standard InChI is InChI=1S/C11H15FN2O3S/c12-8-3-4-11(10(13)6-8)18(16,17)14-5-1-2-9(15)7-14/h3-4,6,9,15H,1-2,5,7,13H2/t9-/m0/s1. The molecule has 0 bridgehead atoms. The number of aliphatic hydroxyl groups is 1. The Morgan fingerprint density at radius 3 is 2.78 bits per heavy atom. The molecule has 0 spiro atoms. The molecule has 3 N–H and O–H groups in total. The maximum atomic E-state index is 12.9. The van der Waals surface area contributed by atoms with Gasteiger partial charge < -0.3 is 10.8 Å². The van der Waals surface area contributed by atoms with E-state index in [1.165, 1.54) is 4.31 Å². The predicted octanol–water partition coefficient (Wildman–Crippen LogP) is 0.553. The van der Waals surface area contributed by atoms with Crippen LogP contribution in [0.2, 0.25) is 0 Å². The molecule has 18 heavy (non-hydrogen) atoms. The summed E-state index contributed by atoms with van der Waals surface area (Å²) in [6, 6.07) is 3.19. The van der Waals surface area contributed by atoms with E-state index in [1.807, 2.05) is 0 Å². The molecule has 1 saturated heterocycles. The van der Waals surface area contributed by atoms with Crippen molar-refractivity contribution in [2.75, 3.05) is 18.8 Å². The van der Waals surface area contributed by atoms with Crippen LogP contribution in [0.4, 0.5) is 10.1 Å². The summed E-state index contributed by atoms with van der Waals surface area (Å²) in [5.74, 6) is -0.579. The first-order valence-corrected chi connectivity index (χ1v) is 7.08. The number of benzene rings is 1. The van der Waals surface area contributed by atoms with E-state index in [-0.39, 0.29) is 17.1 Å². The van der Waals surface area contributed by atoms with Crippen molar-refractivity contribution in [1.82, 2.24) is 4.31 Å². The smallest absolute Gasteiger partial charge is 0.245 e. The van der Waals surface area contributed by atoms with E-state index < -0.39 is 21.9 Å². The van der Waals surface area contributed by atoms with Gasteiger partial charge in [0, 0.05) is 13.1 Å². The van der Waals surface area contributed by atoms with Crippen LogP contribution in [0.3, 0.4) is 0 Å². The maximum absolute atomic E-state index is 12.9. The van der Waals surface area contributed by atoms with Crippen molar-refractivity contribution in [3.05, 3.63) is 24.0 Å². The predicted molar refractivity (Wildman–Crippen MR) is 64.8 cm³/mol. The molecule has 1 aliphatic rings. The number of hydrogen-bond acceptors (Lipinski definition) is 4. The molecule has 100 valence electrons. The Balaban J connectivity index is 2.35. The molecule has 1 atom stereocenters. The van der Waals surface area contributed by atoms with Crippen LogP contribution in [0.5, 0.6) is 0 Å². The van der Waals surface area contributed by atoms with Gasteiger partial charge in [-0.25, -0.2) is 12.8 Å². The Kier molecular flexibility index (Phi) is 3.56. The topological polar surface area (TPSA) is 83.6 Å². The first-order chi connectivity index (χ1) is 8.41. The van der Waals surface area contributed by atoms with Gasteiger partial charge in [0.2, 0.25) is 10.0 Å². The monoisotopic (exact) mass is 274 g/mol. The summed E-state index contributed by atoms with van der Waals surface area (Å²) in [5.41, 5.74) is 5.42. The lowest BCUT2D eigenvalue weighted by atomic mass is 10.1. The molecule has 2 rings (SSSR count). The average molecular weight is 274 g/mol. The van der Waals surface area contributed by atoms with Crippen LogP contribution in [-0.2, 0) is 10.0 Å². The number of halogens is 1. The fourth-order valence-corrected chi connectivity index (χ4v) is 3.65. The number of nitrogen functional groups attached to an aromatic ring is 1. The Labute approximate surface area is 105 Å². The summed E-state index contributed by atoms with van der Waals surface area (Å²) in [6.07, 6.45) is 0.530. The molecule has 0 unspecified atom stereocenters. The summed E-state index contributed by atoms with van der Waals surface area (Å²) < 4.78 is 38.7. The van der Waals surface area contributed by atoms with Crippen molar-refractivity contribution in [1.29, 1.82) is 0 Å². The second kappa shape index (κ2) is 4.83. The fourth-order valence-electron chi connectivity index (χ4n) is 2.03. The Bertz CT molecular complexity index is 547. The van der Waals surface area contributed by atoms with Gasteiger partial charge >= 0.3 is 0 Å². The average Bonchev–Trinajstić information content (AvgIpc) is 2.28. The highest BCUT2D eigenvalue weighted by atomic mass is 32.2. The van der Waals surface area contributed by atoms with Gasteiger partial charge in [-0.2, -0.15) is 4.31 Å². The molecule has 1 aromatic rings. The highest BCUT2D eigenvalue weighted by Gasteiger charge is 2.30. The molecular weight excluding hydrogens is 259 g/mol. The van der Waals surface area contributed by atoms with Gasteiger partial charge in [0.1, 0.15) is 10.7 Å². The van der Waals surface area contributed by atoms with E-state index in [9.17, 15) is 17.9 Å². The number of anilines is 1. The van der Waals surface area contributed by atoms with Gasteiger partial charge in [-0.05, 0) is 31.0 Å². The molecule has 5 nitrogen and oxygen atoms in total. The first kappa shape index (κ1) is 13.3. The number of sulfonamides is 1.